The van der Waals surface area contributed by atoms with Gasteiger partial charge in [0, 0.05) is 6.54 Å². The Bertz CT molecular complexity index is 507. The van der Waals surface area contributed by atoms with Gasteiger partial charge >= 0.3 is 5.97 Å². The number of amides is 1. The van der Waals surface area contributed by atoms with Gasteiger partial charge in [0.15, 0.2) is 0 Å². The van der Waals surface area contributed by atoms with E-state index in [2.05, 4.69) is 4.98 Å². The van der Waals surface area contributed by atoms with Crippen LogP contribution in [0.4, 0.5) is 0 Å². The summed E-state index contributed by atoms with van der Waals surface area (Å²) < 4.78 is 0. The van der Waals surface area contributed by atoms with Gasteiger partial charge in [0.05, 0.1) is 5.56 Å². The fraction of sp³-hybridized carbons (Fsp3) is 0.364. The van der Waals surface area contributed by atoms with Crippen LogP contribution < -0.4 is 0 Å². The monoisotopic (exact) mass is 288 g/mol. The predicted octanol–water partition coefficient (Wildman–Crippen LogP) is 2.08. The molecular formula is C11H10Cl2N2O3. The van der Waals surface area contributed by atoms with E-state index in [0.717, 1.165) is 0 Å². The number of hydrogen-bond donors (Lipinski definition) is 1. The molecule has 1 aromatic heterocycles. The topological polar surface area (TPSA) is 70.5 Å². The van der Waals surface area contributed by atoms with Crippen LogP contribution in [0.15, 0.2) is 12.1 Å². The molecule has 18 heavy (non-hydrogen) atoms. The van der Waals surface area contributed by atoms with Crippen LogP contribution in [-0.4, -0.2) is 39.5 Å². The third-order valence-corrected chi connectivity index (χ3v) is 3.34. The molecule has 1 N–H and O–H groups in total. The summed E-state index contributed by atoms with van der Waals surface area (Å²) in [4.78, 5) is 28.3. The summed E-state index contributed by atoms with van der Waals surface area (Å²) in [5, 5.41) is 9.21. The van der Waals surface area contributed by atoms with E-state index in [-0.39, 0.29) is 15.9 Å². The molecule has 5 nitrogen and oxygen atoms in total. The second kappa shape index (κ2) is 5.12. The molecule has 0 aliphatic carbocycles. The van der Waals surface area contributed by atoms with E-state index in [1.165, 1.54) is 17.0 Å². The number of aromatic nitrogens is 1. The molecule has 1 amide bonds. The molecule has 96 valence electrons. The molecular weight excluding hydrogens is 279 g/mol. The summed E-state index contributed by atoms with van der Waals surface area (Å²) >= 11 is 11.5. The van der Waals surface area contributed by atoms with Gasteiger partial charge in [-0.1, -0.05) is 23.2 Å². The summed E-state index contributed by atoms with van der Waals surface area (Å²) in [5.41, 5.74) is 0.175. The number of carboxylic acids is 1. The third-order valence-electron chi connectivity index (χ3n) is 2.84. The lowest BCUT2D eigenvalue weighted by atomic mass is 10.2. The Morgan fingerprint density at radius 2 is 2.11 bits per heavy atom. The number of pyridine rings is 1. The molecule has 1 saturated heterocycles. The first-order valence-electron chi connectivity index (χ1n) is 5.36. The minimum Gasteiger partial charge on any atom is -0.480 e. The Balaban J connectivity index is 2.28. The van der Waals surface area contributed by atoms with Gasteiger partial charge in [-0.3, -0.25) is 4.79 Å². The zero-order chi connectivity index (χ0) is 13.3. The Hall–Kier alpha value is -1.33. The average molecular weight is 289 g/mol. The summed E-state index contributed by atoms with van der Waals surface area (Å²) in [6.45, 7) is 0.411. The summed E-state index contributed by atoms with van der Waals surface area (Å²) in [5.74, 6) is -1.42. The molecule has 2 heterocycles. The quantitative estimate of drug-likeness (QED) is 0.846. The van der Waals surface area contributed by atoms with Crippen molar-refractivity contribution < 1.29 is 14.7 Å². The largest absolute Gasteiger partial charge is 0.480 e. The fourth-order valence-corrected chi connectivity index (χ4v) is 2.42. The maximum absolute atomic E-state index is 12.2. The van der Waals surface area contributed by atoms with Crippen LogP contribution in [0, 0.1) is 0 Å². The average Bonchev–Trinajstić information content (AvgIpc) is 2.77. The first-order valence-corrected chi connectivity index (χ1v) is 6.12. The smallest absolute Gasteiger partial charge is 0.326 e. The highest BCUT2D eigenvalue weighted by Gasteiger charge is 2.35. The van der Waals surface area contributed by atoms with Gasteiger partial charge in [0.2, 0.25) is 0 Å². The number of carbonyl (C=O) groups excluding carboxylic acids is 1. The SMILES string of the molecule is O=C(O)[C@@H]1CCCN1C(=O)c1ccc(Cl)nc1Cl. The van der Waals surface area contributed by atoms with E-state index < -0.39 is 17.9 Å². The van der Waals surface area contributed by atoms with E-state index in [4.69, 9.17) is 28.3 Å². The van der Waals surface area contributed by atoms with Crippen LogP contribution >= 0.6 is 23.2 Å². The van der Waals surface area contributed by atoms with Crippen molar-refractivity contribution in [2.24, 2.45) is 0 Å². The summed E-state index contributed by atoms with van der Waals surface area (Å²) in [7, 11) is 0. The minimum atomic E-state index is -1.00. The van der Waals surface area contributed by atoms with Gasteiger partial charge < -0.3 is 10.0 Å². The van der Waals surface area contributed by atoms with Crippen molar-refractivity contribution in [1.82, 2.24) is 9.88 Å². The Labute approximate surface area is 113 Å². The molecule has 0 spiro atoms. The maximum atomic E-state index is 12.2. The molecule has 1 aromatic rings. The Morgan fingerprint density at radius 3 is 2.72 bits per heavy atom. The lowest BCUT2D eigenvalue weighted by molar-refractivity contribution is -0.141. The number of halogens is 2. The standard InChI is InChI=1S/C11H10Cl2N2O3/c12-8-4-3-6(9(13)14-8)10(16)15-5-1-2-7(15)11(17)18/h3-4,7H,1-2,5H2,(H,17,18)/t7-/m0/s1. The fourth-order valence-electron chi connectivity index (χ4n) is 1.99. The maximum Gasteiger partial charge on any atom is 0.326 e. The molecule has 1 fully saturated rings. The third kappa shape index (κ3) is 2.42. The van der Waals surface area contributed by atoms with Crippen LogP contribution in [0.25, 0.3) is 0 Å². The summed E-state index contributed by atoms with van der Waals surface area (Å²) in [6.07, 6.45) is 1.13. The highest BCUT2D eigenvalue weighted by Crippen LogP contribution is 2.24. The predicted molar refractivity (Wildman–Crippen MR) is 66.0 cm³/mol. The number of nitrogens with zero attached hydrogens (tertiary/aromatic N) is 2. The molecule has 1 atom stereocenters. The highest BCUT2D eigenvalue weighted by atomic mass is 35.5. The van der Waals surface area contributed by atoms with Gasteiger partial charge in [0.1, 0.15) is 16.3 Å². The lowest BCUT2D eigenvalue weighted by Gasteiger charge is -2.21. The first-order chi connectivity index (χ1) is 8.50. The molecule has 0 saturated carbocycles. The van der Waals surface area contributed by atoms with Crippen molar-refractivity contribution >= 4 is 35.1 Å². The van der Waals surface area contributed by atoms with Crippen LogP contribution in [0.1, 0.15) is 23.2 Å². The van der Waals surface area contributed by atoms with Crippen LogP contribution in [0.3, 0.4) is 0 Å². The van der Waals surface area contributed by atoms with E-state index in [0.29, 0.717) is 19.4 Å². The number of carboxylic acid groups (broad SMARTS) is 1. The van der Waals surface area contributed by atoms with E-state index in [1.54, 1.807) is 0 Å². The molecule has 7 heteroatoms. The van der Waals surface area contributed by atoms with Crippen LogP contribution in [0.2, 0.25) is 10.3 Å². The second-order valence-corrected chi connectivity index (χ2v) is 4.71. The number of aliphatic carboxylic acids is 1. The van der Waals surface area contributed by atoms with Crippen LogP contribution in [-0.2, 0) is 4.79 Å². The Morgan fingerprint density at radius 1 is 1.39 bits per heavy atom. The van der Waals surface area contributed by atoms with Gasteiger partial charge in [-0.25, -0.2) is 9.78 Å². The van der Waals surface area contributed by atoms with Crippen LogP contribution in [0.5, 0.6) is 0 Å². The van der Waals surface area contributed by atoms with E-state index in [1.807, 2.05) is 0 Å². The molecule has 1 aliphatic heterocycles. The molecule has 0 aromatic carbocycles. The van der Waals surface area contributed by atoms with Crippen molar-refractivity contribution in [3.05, 3.63) is 28.0 Å². The van der Waals surface area contributed by atoms with E-state index in [9.17, 15) is 9.59 Å². The highest BCUT2D eigenvalue weighted by molar-refractivity contribution is 6.34. The van der Waals surface area contributed by atoms with E-state index >= 15 is 0 Å². The molecule has 0 unspecified atom stereocenters. The molecule has 1 aliphatic rings. The van der Waals surface area contributed by atoms with Crippen molar-refractivity contribution in [2.75, 3.05) is 6.54 Å². The molecule has 0 radical (unpaired) electrons. The zero-order valence-corrected chi connectivity index (χ0v) is 10.8. The summed E-state index contributed by atoms with van der Waals surface area (Å²) in [6, 6.07) is 2.12. The van der Waals surface area contributed by atoms with Crippen molar-refractivity contribution in [1.29, 1.82) is 0 Å². The van der Waals surface area contributed by atoms with Gasteiger partial charge in [-0.2, -0.15) is 0 Å². The lowest BCUT2D eigenvalue weighted by Crippen LogP contribution is -2.40. The zero-order valence-electron chi connectivity index (χ0n) is 9.27. The molecule has 0 bridgehead atoms. The van der Waals surface area contributed by atoms with Crippen molar-refractivity contribution in [3.63, 3.8) is 0 Å². The number of hydrogen-bond acceptors (Lipinski definition) is 3. The molecule has 2 rings (SSSR count). The van der Waals surface area contributed by atoms with Crippen molar-refractivity contribution in [3.8, 4) is 0 Å². The second-order valence-electron chi connectivity index (χ2n) is 3.97. The normalized spacial score (nSPS) is 19.0. The van der Waals surface area contributed by atoms with Gasteiger partial charge in [-0.05, 0) is 25.0 Å². The first kappa shape index (κ1) is 13.1. The minimum absolute atomic E-state index is 0.0106. The van der Waals surface area contributed by atoms with Gasteiger partial charge in [-0.15, -0.1) is 0 Å². The van der Waals surface area contributed by atoms with Gasteiger partial charge in [0.25, 0.3) is 5.91 Å². The number of rotatable bonds is 2. The number of carbonyl (C=O) groups is 2. The van der Waals surface area contributed by atoms with Crippen molar-refractivity contribution in [2.45, 2.75) is 18.9 Å². The number of likely N-dealkylation sites (tertiary alicyclic amines) is 1. The Kier molecular flexibility index (Phi) is 3.73.